The van der Waals surface area contributed by atoms with Gasteiger partial charge in [-0.3, -0.25) is 9.69 Å². The Morgan fingerprint density at radius 2 is 1.93 bits per heavy atom. The van der Waals surface area contributed by atoms with Crippen LogP contribution in [-0.4, -0.2) is 55.2 Å². The molecule has 1 amide bonds. The molecule has 3 rings (SSSR count). The molecule has 0 unspecified atom stereocenters. The first kappa shape index (κ1) is 20.8. The van der Waals surface area contributed by atoms with Crippen LogP contribution in [0.25, 0.3) is 11.3 Å². The summed E-state index contributed by atoms with van der Waals surface area (Å²) >= 11 is 1.50. The van der Waals surface area contributed by atoms with E-state index in [4.69, 9.17) is 9.47 Å². The first-order valence-electron chi connectivity index (χ1n) is 9.65. The maximum atomic E-state index is 12.2. The van der Waals surface area contributed by atoms with Crippen LogP contribution >= 0.6 is 11.3 Å². The lowest BCUT2D eigenvalue weighted by Gasteiger charge is -2.26. The third-order valence-corrected chi connectivity index (χ3v) is 5.49. The van der Waals surface area contributed by atoms with Gasteiger partial charge in [-0.2, -0.15) is 0 Å². The molecule has 7 heteroatoms. The second-order valence-corrected chi connectivity index (χ2v) is 9.16. The molecule has 2 aromatic rings. The van der Waals surface area contributed by atoms with Crippen molar-refractivity contribution in [2.75, 3.05) is 44.8 Å². The van der Waals surface area contributed by atoms with Crippen LogP contribution in [0.4, 0.5) is 5.13 Å². The number of anilines is 1. The molecule has 2 heterocycles. The van der Waals surface area contributed by atoms with E-state index in [-0.39, 0.29) is 5.91 Å². The summed E-state index contributed by atoms with van der Waals surface area (Å²) in [6.45, 7) is 12.8. The van der Waals surface area contributed by atoms with Gasteiger partial charge in [-0.05, 0) is 31.2 Å². The number of ether oxygens (including phenoxy) is 2. The van der Waals surface area contributed by atoms with E-state index in [0.29, 0.717) is 11.7 Å². The highest BCUT2D eigenvalue weighted by atomic mass is 32.1. The molecule has 0 aliphatic carbocycles. The van der Waals surface area contributed by atoms with Gasteiger partial charge in [0.05, 0.1) is 18.9 Å². The highest BCUT2D eigenvalue weighted by Crippen LogP contribution is 2.32. The summed E-state index contributed by atoms with van der Waals surface area (Å²) in [5, 5.41) is 3.55. The molecular weight excluding hydrogens is 374 g/mol. The average molecular weight is 404 g/mol. The lowest BCUT2D eigenvalue weighted by atomic mass is 9.96. The molecular formula is C21H29N3O3S. The fourth-order valence-corrected chi connectivity index (χ4v) is 3.66. The van der Waals surface area contributed by atoms with Crippen molar-refractivity contribution in [1.82, 2.24) is 9.88 Å². The predicted octanol–water partition coefficient (Wildman–Crippen LogP) is 3.81. The molecule has 1 aromatic carbocycles. The van der Waals surface area contributed by atoms with Gasteiger partial charge in [0, 0.05) is 35.5 Å². The number of aromatic nitrogens is 1. The predicted molar refractivity (Wildman–Crippen MR) is 113 cm³/mol. The summed E-state index contributed by atoms with van der Waals surface area (Å²) < 4.78 is 11.2. The monoisotopic (exact) mass is 403 g/mol. The van der Waals surface area contributed by atoms with Crippen LogP contribution in [0.15, 0.2) is 24.3 Å². The second kappa shape index (κ2) is 9.03. The third-order valence-electron chi connectivity index (χ3n) is 4.61. The van der Waals surface area contributed by atoms with E-state index in [2.05, 4.69) is 15.2 Å². The highest BCUT2D eigenvalue weighted by Gasteiger charge is 2.23. The molecule has 152 valence electrons. The number of hydrogen-bond donors (Lipinski definition) is 1. The topological polar surface area (TPSA) is 63.7 Å². The number of hydrogen-bond acceptors (Lipinski definition) is 6. The molecule has 1 N–H and O–H groups in total. The van der Waals surface area contributed by atoms with Crippen molar-refractivity contribution in [3.8, 4) is 17.0 Å². The summed E-state index contributed by atoms with van der Waals surface area (Å²) in [6.07, 6.45) is 0. The molecule has 0 atom stereocenters. The molecule has 0 bridgehead atoms. The van der Waals surface area contributed by atoms with Crippen LogP contribution in [0.5, 0.6) is 5.75 Å². The Labute approximate surface area is 170 Å². The van der Waals surface area contributed by atoms with Gasteiger partial charge in [-0.25, -0.2) is 4.98 Å². The van der Waals surface area contributed by atoms with E-state index in [1.54, 1.807) is 0 Å². The molecule has 1 aromatic heterocycles. The van der Waals surface area contributed by atoms with Gasteiger partial charge < -0.3 is 14.8 Å². The minimum absolute atomic E-state index is 0.0307. The zero-order valence-corrected chi connectivity index (χ0v) is 17.9. The molecule has 6 nitrogen and oxygen atoms in total. The van der Waals surface area contributed by atoms with Crippen molar-refractivity contribution in [2.45, 2.75) is 27.7 Å². The Morgan fingerprint density at radius 1 is 1.25 bits per heavy atom. The number of thiazole rings is 1. The number of benzene rings is 1. The lowest BCUT2D eigenvalue weighted by Crippen LogP contribution is -2.38. The highest BCUT2D eigenvalue weighted by molar-refractivity contribution is 7.16. The number of nitrogens with zero attached hydrogens (tertiary/aromatic N) is 2. The van der Waals surface area contributed by atoms with Gasteiger partial charge >= 0.3 is 0 Å². The molecule has 0 spiro atoms. The Hall–Kier alpha value is -1.96. The van der Waals surface area contributed by atoms with Crippen LogP contribution < -0.4 is 10.1 Å². The number of amides is 1. The quantitative estimate of drug-likeness (QED) is 0.795. The molecule has 0 saturated carbocycles. The summed E-state index contributed by atoms with van der Waals surface area (Å²) in [7, 11) is 0. The second-order valence-electron chi connectivity index (χ2n) is 7.95. The van der Waals surface area contributed by atoms with Crippen LogP contribution in [0, 0.1) is 12.3 Å². The number of carbonyl (C=O) groups is 1. The van der Waals surface area contributed by atoms with Crippen molar-refractivity contribution >= 4 is 22.4 Å². The molecule has 1 saturated heterocycles. The number of carbonyl (C=O) groups excluding carboxylic acids is 1. The first-order valence-corrected chi connectivity index (χ1v) is 10.5. The minimum Gasteiger partial charge on any atom is -0.492 e. The summed E-state index contributed by atoms with van der Waals surface area (Å²) in [6, 6.07) is 7.98. The van der Waals surface area contributed by atoms with Gasteiger partial charge in [-0.15, -0.1) is 11.3 Å². The molecule has 1 aliphatic heterocycles. The van der Waals surface area contributed by atoms with Crippen LogP contribution in [0.3, 0.4) is 0 Å². The Kier molecular flexibility index (Phi) is 6.69. The molecule has 28 heavy (non-hydrogen) atoms. The van der Waals surface area contributed by atoms with Gasteiger partial charge in [0.1, 0.15) is 12.4 Å². The first-order chi connectivity index (χ1) is 13.3. The Bertz CT molecular complexity index is 790. The zero-order valence-electron chi connectivity index (χ0n) is 17.1. The van der Waals surface area contributed by atoms with Crippen molar-refractivity contribution < 1.29 is 14.3 Å². The normalized spacial score (nSPS) is 15.4. The molecule has 0 radical (unpaired) electrons. The van der Waals surface area contributed by atoms with E-state index in [1.807, 2.05) is 52.0 Å². The number of rotatable bonds is 6. The lowest BCUT2D eigenvalue weighted by molar-refractivity contribution is -0.123. The van der Waals surface area contributed by atoms with Gasteiger partial charge in [-0.1, -0.05) is 20.8 Å². The fourth-order valence-electron chi connectivity index (χ4n) is 2.83. The summed E-state index contributed by atoms with van der Waals surface area (Å²) in [5.74, 6) is 0.822. The van der Waals surface area contributed by atoms with Gasteiger partial charge in [0.15, 0.2) is 5.13 Å². The van der Waals surface area contributed by atoms with Gasteiger partial charge in [0.25, 0.3) is 0 Å². The SMILES string of the molecule is Cc1sc(NC(=O)C(C)(C)C)nc1-c1ccc(OCCN2CCOCC2)cc1. The summed E-state index contributed by atoms with van der Waals surface area (Å²) in [4.78, 5) is 20.2. The molecule has 1 fully saturated rings. The van der Waals surface area contributed by atoms with Crippen molar-refractivity contribution in [2.24, 2.45) is 5.41 Å². The maximum Gasteiger partial charge on any atom is 0.231 e. The maximum absolute atomic E-state index is 12.2. The standard InChI is InChI=1S/C21H29N3O3S/c1-15-18(22-20(28-15)23-19(25)21(2,3)4)16-5-7-17(8-6-16)27-14-11-24-9-12-26-13-10-24/h5-8H,9-14H2,1-4H3,(H,22,23,25). The van der Waals surface area contributed by atoms with E-state index in [0.717, 1.165) is 54.7 Å². The van der Waals surface area contributed by atoms with Crippen LogP contribution in [-0.2, 0) is 9.53 Å². The fraction of sp³-hybridized carbons (Fsp3) is 0.524. The van der Waals surface area contributed by atoms with Crippen molar-refractivity contribution in [1.29, 1.82) is 0 Å². The van der Waals surface area contributed by atoms with E-state index in [1.165, 1.54) is 11.3 Å². The van der Waals surface area contributed by atoms with Crippen molar-refractivity contribution in [3.05, 3.63) is 29.1 Å². The van der Waals surface area contributed by atoms with Gasteiger partial charge in [0.2, 0.25) is 5.91 Å². The van der Waals surface area contributed by atoms with Crippen molar-refractivity contribution in [3.63, 3.8) is 0 Å². The third kappa shape index (κ3) is 5.53. The van der Waals surface area contributed by atoms with Crippen LogP contribution in [0.2, 0.25) is 0 Å². The number of aryl methyl sites for hydroxylation is 1. The largest absolute Gasteiger partial charge is 0.492 e. The van der Waals surface area contributed by atoms with E-state index >= 15 is 0 Å². The number of nitrogens with one attached hydrogen (secondary N) is 1. The molecule has 1 aliphatic rings. The summed E-state index contributed by atoms with van der Waals surface area (Å²) in [5.41, 5.74) is 1.47. The Balaban J connectivity index is 1.57. The zero-order chi connectivity index (χ0) is 20.1. The van der Waals surface area contributed by atoms with E-state index in [9.17, 15) is 4.79 Å². The smallest absolute Gasteiger partial charge is 0.231 e. The Morgan fingerprint density at radius 3 is 2.57 bits per heavy atom. The minimum atomic E-state index is -0.444. The van der Waals surface area contributed by atoms with Crippen LogP contribution in [0.1, 0.15) is 25.6 Å². The van der Waals surface area contributed by atoms with E-state index < -0.39 is 5.41 Å². The average Bonchev–Trinajstić information content (AvgIpc) is 3.02. The number of morpholine rings is 1.